The molecule has 0 bridgehead atoms. The zero-order valence-corrected chi connectivity index (χ0v) is 36.9. The van der Waals surface area contributed by atoms with Crippen LogP contribution in [0.1, 0.15) is 75.0 Å². The lowest BCUT2D eigenvalue weighted by Crippen LogP contribution is -2.34. The van der Waals surface area contributed by atoms with Gasteiger partial charge >= 0.3 is 5.97 Å². The lowest BCUT2D eigenvalue weighted by atomic mass is 9.80. The molecule has 12 nitrogen and oxygen atoms in total. The molecule has 0 amide bonds. The minimum Gasteiger partial charge on any atom is -0.463 e. The van der Waals surface area contributed by atoms with Crippen LogP contribution < -0.4 is 0 Å². The van der Waals surface area contributed by atoms with Crippen molar-refractivity contribution in [1.29, 1.82) is 0 Å². The maximum Gasteiger partial charge on any atom is 0.305 e. The fourth-order valence-corrected chi connectivity index (χ4v) is 6.40. The first kappa shape index (κ1) is 52.1. The van der Waals surface area contributed by atoms with Gasteiger partial charge in [0.1, 0.15) is 12.2 Å². The topological polar surface area (TPSA) is 119 Å². The minimum absolute atomic E-state index is 0.142. The number of unbranched alkanes of at least 4 members (excludes halogenated alkanes) is 6. The van der Waals surface area contributed by atoms with Crippen molar-refractivity contribution in [2.75, 3.05) is 132 Å². The highest BCUT2D eigenvalue weighted by molar-refractivity contribution is 5.69. The Kier molecular flexibility index (Phi) is 31.8. The van der Waals surface area contributed by atoms with Crippen molar-refractivity contribution in [1.82, 2.24) is 0 Å². The zero-order valence-electron chi connectivity index (χ0n) is 36.9. The number of carbonyl (C=O) groups is 1. The van der Waals surface area contributed by atoms with Crippen LogP contribution in [-0.4, -0.2) is 138 Å². The summed E-state index contributed by atoms with van der Waals surface area (Å²) in [6, 6.07) is 31.0. The molecule has 61 heavy (non-hydrogen) atoms. The maximum absolute atomic E-state index is 11.8. The summed E-state index contributed by atoms with van der Waals surface area (Å²) in [6.07, 6.45) is 8.78. The largest absolute Gasteiger partial charge is 0.463 e. The van der Waals surface area contributed by atoms with Crippen LogP contribution in [-0.2, 0) is 62.5 Å². The molecule has 3 rings (SSSR count). The Bertz CT molecular complexity index is 1300. The van der Waals surface area contributed by atoms with Crippen molar-refractivity contribution in [3.8, 4) is 0 Å². The van der Waals surface area contributed by atoms with Gasteiger partial charge in [0, 0.05) is 6.42 Å². The summed E-state index contributed by atoms with van der Waals surface area (Å²) in [4.78, 5) is 11.8. The minimum atomic E-state index is -0.755. The summed E-state index contributed by atoms with van der Waals surface area (Å²) in [6.45, 7) is 11.4. The van der Waals surface area contributed by atoms with Gasteiger partial charge in [0.05, 0.1) is 126 Å². The lowest BCUT2D eigenvalue weighted by molar-refractivity contribution is -0.145. The summed E-state index contributed by atoms with van der Waals surface area (Å²) >= 11 is 0. The second kappa shape index (κ2) is 37.3. The van der Waals surface area contributed by atoms with E-state index >= 15 is 0 Å². The third-order valence-electron chi connectivity index (χ3n) is 9.54. The molecule has 0 saturated heterocycles. The standard InChI is InChI=1S/C49H74O12/c1-2-3-4-5-6-7-17-24-48(50)60-43-41-58-39-37-56-35-33-54-31-29-52-27-25-51-26-28-53-30-32-55-34-36-57-38-40-59-42-44-61-49(45-18-11-8-12-19-45,46-20-13-9-14-21-46)47-22-15-10-16-23-47/h8-16,18-23H,2-7,17,24-44H2,1H3. The van der Waals surface area contributed by atoms with Gasteiger partial charge in [-0.1, -0.05) is 136 Å². The number of benzene rings is 3. The number of hydrogen-bond acceptors (Lipinski definition) is 12. The summed E-state index contributed by atoms with van der Waals surface area (Å²) in [5.74, 6) is -0.142. The third-order valence-corrected chi connectivity index (χ3v) is 9.54. The van der Waals surface area contributed by atoms with Crippen molar-refractivity contribution in [3.63, 3.8) is 0 Å². The molecular formula is C49H74O12. The number of esters is 1. The monoisotopic (exact) mass is 855 g/mol. The molecule has 0 radical (unpaired) electrons. The fourth-order valence-electron chi connectivity index (χ4n) is 6.40. The normalized spacial score (nSPS) is 11.6. The quantitative estimate of drug-likeness (QED) is 0.0314. The Morgan fingerprint density at radius 2 is 0.639 bits per heavy atom. The summed E-state index contributed by atoms with van der Waals surface area (Å²) < 4.78 is 62.2. The van der Waals surface area contributed by atoms with E-state index in [0.717, 1.165) is 29.5 Å². The number of carbonyl (C=O) groups excluding carboxylic acids is 1. The van der Waals surface area contributed by atoms with Crippen LogP contribution >= 0.6 is 0 Å². The van der Waals surface area contributed by atoms with E-state index in [2.05, 4.69) is 43.3 Å². The van der Waals surface area contributed by atoms with Crippen LogP contribution in [0.4, 0.5) is 0 Å². The van der Waals surface area contributed by atoms with E-state index in [1.807, 2.05) is 54.6 Å². The molecule has 3 aromatic rings. The average molecular weight is 855 g/mol. The number of ether oxygens (including phenoxy) is 11. The average Bonchev–Trinajstić information content (AvgIpc) is 3.30. The summed E-state index contributed by atoms with van der Waals surface area (Å²) in [5.41, 5.74) is 2.44. The first-order valence-corrected chi connectivity index (χ1v) is 22.4. The Hall–Kier alpha value is -3.27. The molecule has 0 fully saturated rings. The Balaban J connectivity index is 1.01. The predicted octanol–water partition coefficient (Wildman–Crippen LogP) is 7.83. The molecular weight excluding hydrogens is 781 g/mol. The predicted molar refractivity (Wildman–Crippen MR) is 236 cm³/mol. The van der Waals surface area contributed by atoms with Crippen molar-refractivity contribution in [2.24, 2.45) is 0 Å². The van der Waals surface area contributed by atoms with E-state index < -0.39 is 5.60 Å². The van der Waals surface area contributed by atoms with Gasteiger partial charge in [-0.3, -0.25) is 4.79 Å². The van der Waals surface area contributed by atoms with Crippen LogP contribution in [0.3, 0.4) is 0 Å². The SMILES string of the molecule is CCCCCCCCCC(=O)OCCOCCOCCOCCOCCOCCOCCOCCOCCOCCOC(c1ccccc1)(c1ccccc1)c1ccccc1. The molecule has 0 aliphatic heterocycles. The highest BCUT2D eigenvalue weighted by Crippen LogP contribution is 2.40. The van der Waals surface area contributed by atoms with Crippen molar-refractivity contribution < 1.29 is 56.9 Å². The van der Waals surface area contributed by atoms with E-state index in [1.165, 1.54) is 32.1 Å². The molecule has 0 N–H and O–H groups in total. The van der Waals surface area contributed by atoms with E-state index in [-0.39, 0.29) is 12.6 Å². The van der Waals surface area contributed by atoms with Crippen LogP contribution in [0, 0.1) is 0 Å². The molecule has 342 valence electrons. The molecule has 0 atom stereocenters. The third kappa shape index (κ3) is 24.8. The van der Waals surface area contributed by atoms with Crippen molar-refractivity contribution >= 4 is 5.97 Å². The maximum atomic E-state index is 11.8. The van der Waals surface area contributed by atoms with Gasteiger partial charge in [-0.2, -0.15) is 0 Å². The lowest BCUT2D eigenvalue weighted by Gasteiger charge is -2.36. The molecule has 0 aliphatic rings. The molecule has 0 heterocycles. The molecule has 0 saturated carbocycles. The first-order valence-electron chi connectivity index (χ1n) is 22.4. The molecule has 0 unspecified atom stereocenters. The van der Waals surface area contributed by atoms with Crippen molar-refractivity contribution in [3.05, 3.63) is 108 Å². The van der Waals surface area contributed by atoms with Gasteiger partial charge in [0.15, 0.2) is 0 Å². The summed E-state index contributed by atoms with van der Waals surface area (Å²) in [5, 5.41) is 0. The van der Waals surface area contributed by atoms with Gasteiger partial charge in [-0.15, -0.1) is 0 Å². The Morgan fingerprint density at radius 3 is 0.967 bits per heavy atom. The van der Waals surface area contributed by atoms with E-state index in [0.29, 0.717) is 132 Å². The van der Waals surface area contributed by atoms with E-state index in [9.17, 15) is 4.79 Å². The first-order chi connectivity index (χ1) is 30.3. The zero-order chi connectivity index (χ0) is 43.0. The van der Waals surface area contributed by atoms with E-state index in [1.54, 1.807) is 0 Å². The second-order valence-electron chi connectivity index (χ2n) is 14.2. The van der Waals surface area contributed by atoms with Crippen LogP contribution in [0.5, 0.6) is 0 Å². The summed E-state index contributed by atoms with van der Waals surface area (Å²) in [7, 11) is 0. The Labute approximate surface area is 365 Å². The molecule has 3 aromatic carbocycles. The van der Waals surface area contributed by atoms with Crippen LogP contribution in [0.15, 0.2) is 91.0 Å². The smallest absolute Gasteiger partial charge is 0.305 e. The highest BCUT2D eigenvalue weighted by Gasteiger charge is 2.37. The van der Waals surface area contributed by atoms with Gasteiger partial charge < -0.3 is 52.1 Å². The van der Waals surface area contributed by atoms with Crippen LogP contribution in [0.25, 0.3) is 0 Å². The van der Waals surface area contributed by atoms with Crippen molar-refractivity contribution in [2.45, 2.75) is 63.9 Å². The molecule has 0 aliphatic carbocycles. The number of rotatable bonds is 42. The molecule has 0 aromatic heterocycles. The fraction of sp³-hybridized carbons (Fsp3) is 0.612. The van der Waals surface area contributed by atoms with Crippen LogP contribution in [0.2, 0.25) is 0 Å². The second-order valence-corrected chi connectivity index (χ2v) is 14.2. The van der Waals surface area contributed by atoms with Gasteiger partial charge in [-0.05, 0) is 23.1 Å². The van der Waals surface area contributed by atoms with Gasteiger partial charge in [0.2, 0.25) is 0 Å². The number of hydrogen-bond donors (Lipinski definition) is 0. The highest BCUT2D eigenvalue weighted by atomic mass is 16.6. The van der Waals surface area contributed by atoms with Gasteiger partial charge in [0.25, 0.3) is 0 Å². The molecule has 12 heteroatoms. The molecule has 0 spiro atoms. The van der Waals surface area contributed by atoms with Gasteiger partial charge in [-0.25, -0.2) is 0 Å². The Morgan fingerprint density at radius 1 is 0.361 bits per heavy atom. The van der Waals surface area contributed by atoms with E-state index in [4.69, 9.17) is 52.1 Å².